The average molecular weight is 452 g/mol. The van der Waals surface area contributed by atoms with Crippen LogP contribution in [-0.4, -0.2) is 45.3 Å². The molecule has 1 saturated heterocycles. The van der Waals surface area contributed by atoms with Crippen molar-refractivity contribution >= 4 is 21.8 Å². The molecule has 3 heterocycles. The van der Waals surface area contributed by atoms with Crippen LogP contribution in [0.2, 0.25) is 0 Å². The first kappa shape index (κ1) is 22.9. The second-order valence-corrected chi connectivity index (χ2v) is 9.51. The van der Waals surface area contributed by atoms with Gasteiger partial charge in [0, 0.05) is 17.2 Å². The molecule has 2 fully saturated rings. The molecule has 7 nitrogen and oxygen atoms in total. The zero-order valence-corrected chi connectivity index (χ0v) is 20.7. The Morgan fingerprint density at radius 3 is 2.74 bits per heavy atom. The number of pyridine rings is 1. The maximum atomic E-state index is 12.8. The molecular formula is C22H26N3NaO4S. The molecule has 5 rings (SSSR count). The van der Waals surface area contributed by atoms with E-state index in [-0.39, 0.29) is 48.4 Å². The van der Waals surface area contributed by atoms with E-state index in [0.717, 1.165) is 35.5 Å². The third kappa shape index (κ3) is 4.89. The zero-order chi connectivity index (χ0) is 20.6. The van der Waals surface area contributed by atoms with Gasteiger partial charge in [0.25, 0.3) is 0 Å². The molecule has 1 spiro atoms. The summed E-state index contributed by atoms with van der Waals surface area (Å²) in [7, 11) is -1.33. The summed E-state index contributed by atoms with van der Waals surface area (Å²) in [5.41, 5.74) is 3.52. The van der Waals surface area contributed by atoms with Crippen LogP contribution in [0.3, 0.4) is 0 Å². The second kappa shape index (κ2) is 9.68. The van der Waals surface area contributed by atoms with Crippen LogP contribution < -0.4 is 34.3 Å². The monoisotopic (exact) mass is 451 g/mol. The van der Waals surface area contributed by atoms with Gasteiger partial charge in [-0.2, -0.15) is 0 Å². The van der Waals surface area contributed by atoms with Crippen molar-refractivity contribution in [1.82, 2.24) is 15.0 Å². The zero-order valence-electron chi connectivity index (χ0n) is 18.9. The molecule has 1 aromatic carbocycles. The number of imidazole rings is 1. The van der Waals surface area contributed by atoms with Gasteiger partial charge in [-0.15, -0.1) is 0 Å². The number of aromatic amines is 1. The van der Waals surface area contributed by atoms with Crippen molar-refractivity contribution in [3.05, 3.63) is 47.8 Å². The van der Waals surface area contributed by atoms with Gasteiger partial charge in [0.15, 0.2) is 11.4 Å². The van der Waals surface area contributed by atoms with E-state index in [1.165, 1.54) is 19.3 Å². The van der Waals surface area contributed by atoms with E-state index in [4.69, 9.17) is 14.2 Å². The van der Waals surface area contributed by atoms with Crippen molar-refractivity contribution in [2.45, 2.75) is 43.4 Å². The van der Waals surface area contributed by atoms with Gasteiger partial charge in [0.05, 0.1) is 46.5 Å². The molecule has 0 bridgehead atoms. The summed E-state index contributed by atoms with van der Waals surface area (Å²) in [5.74, 6) is 0.972. The van der Waals surface area contributed by atoms with Gasteiger partial charge in [-0.25, -0.2) is 4.98 Å². The first-order valence-corrected chi connectivity index (χ1v) is 11.6. The van der Waals surface area contributed by atoms with Crippen LogP contribution in [0.25, 0.3) is 11.0 Å². The number of para-hydroxylation sites is 2. The van der Waals surface area contributed by atoms with Crippen LogP contribution in [0.5, 0.6) is 5.75 Å². The van der Waals surface area contributed by atoms with E-state index in [1.807, 2.05) is 37.3 Å². The van der Waals surface area contributed by atoms with E-state index in [0.29, 0.717) is 17.5 Å². The molecule has 1 aliphatic heterocycles. The van der Waals surface area contributed by atoms with Crippen molar-refractivity contribution < 1.29 is 49.4 Å². The molecule has 9 heteroatoms. The Kier molecular flexibility index (Phi) is 7.15. The van der Waals surface area contributed by atoms with Crippen LogP contribution in [0.4, 0.5) is 0 Å². The van der Waals surface area contributed by atoms with Gasteiger partial charge >= 0.3 is 29.6 Å². The standard InChI is InChI=1S/C22H25N3O4S.Na.H/c1-15-18(12-30(26)21-24-16-5-2-3-6-17(16)25-21)23-10-7-19(15)27-11-20-28-13-22(14-29-20)8-4-9-22;;/h2-3,5-7,10,20H,4,8-9,11-14H2,1H3,(H,24,25);;/q;+1;-1. The molecule has 1 atom stereocenters. The fraction of sp³-hybridized carbons (Fsp3) is 0.455. The minimum Gasteiger partial charge on any atom is -1.00 e. The number of fused-ring (bicyclic) bond motifs is 1. The molecule has 2 aliphatic rings. The number of hydrogen-bond donors (Lipinski definition) is 1. The number of aromatic nitrogens is 3. The molecule has 1 N–H and O–H groups in total. The largest absolute Gasteiger partial charge is 1.00 e. The Hall–Kier alpha value is -1.29. The van der Waals surface area contributed by atoms with Gasteiger partial charge in [-0.3, -0.25) is 9.19 Å². The van der Waals surface area contributed by atoms with Crippen molar-refractivity contribution in [3.8, 4) is 5.75 Å². The number of H-pyrrole nitrogens is 1. The maximum absolute atomic E-state index is 12.8. The molecule has 160 valence electrons. The van der Waals surface area contributed by atoms with Gasteiger partial charge in [0.1, 0.15) is 12.4 Å². The van der Waals surface area contributed by atoms with Crippen LogP contribution >= 0.6 is 0 Å². The van der Waals surface area contributed by atoms with E-state index in [1.54, 1.807) is 6.20 Å². The van der Waals surface area contributed by atoms with Crippen molar-refractivity contribution in [2.24, 2.45) is 5.41 Å². The molecule has 0 amide bonds. The maximum Gasteiger partial charge on any atom is 1.00 e. The van der Waals surface area contributed by atoms with Crippen molar-refractivity contribution in [1.29, 1.82) is 0 Å². The Balaban J connectivity index is 0.00000144. The van der Waals surface area contributed by atoms with Crippen LogP contribution in [-0.2, 0) is 26.0 Å². The third-order valence-electron chi connectivity index (χ3n) is 6.05. The van der Waals surface area contributed by atoms with E-state index < -0.39 is 10.8 Å². The molecular weight excluding hydrogens is 425 g/mol. The van der Waals surface area contributed by atoms with Gasteiger partial charge in [0.2, 0.25) is 0 Å². The number of ether oxygens (including phenoxy) is 3. The van der Waals surface area contributed by atoms with Crippen LogP contribution in [0, 0.1) is 12.3 Å². The Morgan fingerprint density at radius 2 is 2.03 bits per heavy atom. The number of hydrogen-bond acceptors (Lipinski definition) is 6. The van der Waals surface area contributed by atoms with E-state index >= 15 is 0 Å². The van der Waals surface area contributed by atoms with Gasteiger partial charge in [-0.05, 0) is 38.0 Å². The number of nitrogens with one attached hydrogen (secondary N) is 1. The fourth-order valence-corrected chi connectivity index (χ4v) is 5.04. The fourth-order valence-electron chi connectivity index (χ4n) is 3.94. The van der Waals surface area contributed by atoms with E-state index in [2.05, 4.69) is 15.0 Å². The topological polar surface area (TPSA) is 86.3 Å². The van der Waals surface area contributed by atoms with Gasteiger partial charge < -0.3 is 20.6 Å². The predicted molar refractivity (Wildman–Crippen MR) is 114 cm³/mol. The summed E-state index contributed by atoms with van der Waals surface area (Å²) >= 11 is 0. The summed E-state index contributed by atoms with van der Waals surface area (Å²) < 4.78 is 30.5. The minimum absolute atomic E-state index is 0. The number of nitrogens with zero attached hydrogens (tertiary/aromatic N) is 2. The summed E-state index contributed by atoms with van der Waals surface area (Å²) in [5, 5.41) is 0.456. The number of benzene rings is 1. The van der Waals surface area contributed by atoms with Crippen LogP contribution in [0.1, 0.15) is 31.9 Å². The molecule has 2 aromatic heterocycles. The Labute approximate surface area is 207 Å². The Bertz CT molecular complexity index is 1050. The van der Waals surface area contributed by atoms with Gasteiger partial charge in [-0.1, -0.05) is 18.6 Å². The molecule has 0 radical (unpaired) electrons. The summed E-state index contributed by atoms with van der Waals surface area (Å²) in [6.45, 7) is 3.75. The Morgan fingerprint density at radius 1 is 1.26 bits per heavy atom. The molecule has 1 aliphatic carbocycles. The first-order chi connectivity index (χ1) is 14.6. The normalized spacial score (nSPS) is 19.0. The SMILES string of the molecule is Cc1c(OCC2OCC3(CCC3)CO2)ccnc1CS(=O)c1nc2ccccc2[nH]1.[H-].[Na+]. The smallest absolute Gasteiger partial charge is 1.00 e. The van der Waals surface area contributed by atoms with Crippen LogP contribution in [0.15, 0.2) is 41.7 Å². The summed E-state index contributed by atoms with van der Waals surface area (Å²) in [4.78, 5) is 12.0. The minimum atomic E-state index is -1.33. The summed E-state index contributed by atoms with van der Waals surface area (Å²) in [6.07, 6.45) is 4.98. The first-order valence-electron chi connectivity index (χ1n) is 10.3. The van der Waals surface area contributed by atoms with E-state index in [9.17, 15) is 4.21 Å². The third-order valence-corrected chi connectivity index (χ3v) is 7.21. The van der Waals surface area contributed by atoms with Crippen molar-refractivity contribution in [2.75, 3.05) is 19.8 Å². The molecule has 1 saturated carbocycles. The van der Waals surface area contributed by atoms with Crippen molar-refractivity contribution in [3.63, 3.8) is 0 Å². The predicted octanol–water partition coefficient (Wildman–Crippen LogP) is 0.613. The average Bonchev–Trinajstić information content (AvgIpc) is 3.18. The molecule has 3 aromatic rings. The summed E-state index contributed by atoms with van der Waals surface area (Å²) in [6, 6.07) is 9.47. The second-order valence-electron chi connectivity index (χ2n) is 8.15. The molecule has 31 heavy (non-hydrogen) atoms. The molecule has 1 unspecified atom stereocenters. The number of rotatable bonds is 6. The quantitative estimate of drug-likeness (QED) is 0.553.